The number of rotatable bonds is 5. The van der Waals surface area contributed by atoms with Gasteiger partial charge in [-0.25, -0.2) is 0 Å². The molecule has 0 radical (unpaired) electrons. The van der Waals surface area contributed by atoms with Crippen molar-refractivity contribution in [1.29, 1.82) is 0 Å². The second-order valence-corrected chi connectivity index (χ2v) is 5.28. The fourth-order valence-electron chi connectivity index (χ4n) is 2.90. The van der Waals surface area contributed by atoms with E-state index in [4.69, 9.17) is 0 Å². The molecule has 1 aromatic rings. The normalized spacial score (nSPS) is 16.7. The number of non-ortho nitro benzene ring substituents is 1. The molecule has 0 aromatic heterocycles. The molecule has 0 spiro atoms. The smallest absolute Gasteiger partial charge is 0.269 e. The minimum atomic E-state index is -0.345. The number of nitrogens with zero attached hydrogens (tertiary/aromatic N) is 2. The third kappa shape index (κ3) is 3.77. The molecule has 4 nitrogen and oxygen atoms in total. The van der Waals surface area contributed by atoms with Crippen LogP contribution in [0, 0.1) is 10.1 Å². The first kappa shape index (κ1) is 14.0. The van der Waals surface area contributed by atoms with Gasteiger partial charge in [0.05, 0.1) is 4.92 Å². The Balaban J connectivity index is 1.99. The van der Waals surface area contributed by atoms with Gasteiger partial charge in [-0.15, -0.1) is 0 Å². The van der Waals surface area contributed by atoms with Crippen molar-refractivity contribution in [3.05, 3.63) is 39.9 Å². The third-order valence-electron chi connectivity index (χ3n) is 4.03. The Labute approximate surface area is 114 Å². The summed E-state index contributed by atoms with van der Waals surface area (Å²) in [6.07, 6.45) is 6.62. The van der Waals surface area contributed by atoms with Gasteiger partial charge in [0.25, 0.3) is 5.69 Å². The highest BCUT2D eigenvalue weighted by Gasteiger charge is 2.19. The molecular weight excluding hydrogens is 240 g/mol. The van der Waals surface area contributed by atoms with Gasteiger partial charge in [0.2, 0.25) is 0 Å². The Hall–Kier alpha value is -1.42. The van der Waals surface area contributed by atoms with Crippen molar-refractivity contribution in [3.63, 3.8) is 0 Å². The highest BCUT2D eigenvalue weighted by molar-refractivity contribution is 5.32. The largest absolute Gasteiger partial charge is 0.296 e. The van der Waals surface area contributed by atoms with Crippen molar-refractivity contribution in [2.75, 3.05) is 6.54 Å². The van der Waals surface area contributed by atoms with E-state index in [1.807, 2.05) is 12.1 Å². The predicted molar refractivity (Wildman–Crippen MR) is 76.1 cm³/mol. The minimum absolute atomic E-state index is 0.171. The van der Waals surface area contributed by atoms with Crippen LogP contribution >= 0.6 is 0 Å². The molecule has 19 heavy (non-hydrogen) atoms. The topological polar surface area (TPSA) is 46.4 Å². The summed E-state index contributed by atoms with van der Waals surface area (Å²) in [6.45, 7) is 4.14. The van der Waals surface area contributed by atoms with E-state index >= 15 is 0 Å². The van der Waals surface area contributed by atoms with E-state index in [0.29, 0.717) is 6.04 Å². The van der Waals surface area contributed by atoms with Crippen LogP contribution in [0.1, 0.15) is 44.6 Å². The van der Waals surface area contributed by atoms with Crippen molar-refractivity contribution < 1.29 is 4.92 Å². The molecule has 1 fully saturated rings. The van der Waals surface area contributed by atoms with E-state index in [1.54, 1.807) is 12.1 Å². The van der Waals surface area contributed by atoms with Crippen LogP contribution in [0.25, 0.3) is 0 Å². The Bertz CT molecular complexity index is 411. The van der Waals surface area contributed by atoms with Crippen LogP contribution in [0.15, 0.2) is 24.3 Å². The zero-order valence-electron chi connectivity index (χ0n) is 11.5. The van der Waals surface area contributed by atoms with E-state index in [1.165, 1.54) is 32.1 Å². The van der Waals surface area contributed by atoms with Gasteiger partial charge in [0.15, 0.2) is 0 Å². The fraction of sp³-hybridized carbons (Fsp3) is 0.600. The molecule has 0 bridgehead atoms. The molecule has 0 heterocycles. The average Bonchev–Trinajstić information content (AvgIpc) is 2.46. The maximum atomic E-state index is 10.6. The molecule has 0 unspecified atom stereocenters. The first-order valence-corrected chi connectivity index (χ1v) is 7.18. The van der Waals surface area contributed by atoms with Gasteiger partial charge in [0, 0.05) is 24.7 Å². The van der Waals surface area contributed by atoms with Crippen LogP contribution in [0.2, 0.25) is 0 Å². The maximum absolute atomic E-state index is 10.6. The van der Waals surface area contributed by atoms with Crippen LogP contribution in [0.4, 0.5) is 5.69 Å². The van der Waals surface area contributed by atoms with Gasteiger partial charge in [-0.1, -0.05) is 38.3 Å². The van der Waals surface area contributed by atoms with E-state index < -0.39 is 0 Å². The van der Waals surface area contributed by atoms with Gasteiger partial charge in [0.1, 0.15) is 0 Å². The lowest BCUT2D eigenvalue weighted by atomic mass is 9.94. The Morgan fingerprint density at radius 3 is 2.37 bits per heavy atom. The summed E-state index contributed by atoms with van der Waals surface area (Å²) in [4.78, 5) is 12.8. The second kappa shape index (κ2) is 6.66. The first-order valence-electron chi connectivity index (χ1n) is 7.18. The summed E-state index contributed by atoms with van der Waals surface area (Å²) in [5.74, 6) is 0. The van der Waals surface area contributed by atoms with E-state index in [0.717, 1.165) is 18.7 Å². The van der Waals surface area contributed by atoms with Gasteiger partial charge in [-0.3, -0.25) is 15.0 Å². The molecule has 0 amide bonds. The lowest BCUT2D eigenvalue weighted by Crippen LogP contribution is -2.36. The summed E-state index contributed by atoms with van der Waals surface area (Å²) >= 11 is 0. The molecule has 1 aliphatic rings. The molecule has 4 heteroatoms. The molecule has 1 aromatic carbocycles. The highest BCUT2D eigenvalue weighted by atomic mass is 16.6. The predicted octanol–water partition coefficient (Wildman–Crippen LogP) is 3.75. The SMILES string of the molecule is CCN(Cc1ccc([N+](=O)[O-])cc1)C1CCCCC1. The van der Waals surface area contributed by atoms with Crippen molar-refractivity contribution in [3.8, 4) is 0 Å². The van der Waals surface area contributed by atoms with E-state index in [2.05, 4.69) is 11.8 Å². The van der Waals surface area contributed by atoms with Crippen molar-refractivity contribution in [1.82, 2.24) is 4.90 Å². The standard InChI is InChI=1S/C15H22N2O2/c1-2-16(14-6-4-3-5-7-14)12-13-8-10-15(11-9-13)17(18)19/h8-11,14H,2-7,12H2,1H3. The summed E-state index contributed by atoms with van der Waals surface area (Å²) in [6, 6.07) is 7.65. The van der Waals surface area contributed by atoms with E-state index in [-0.39, 0.29) is 10.6 Å². The summed E-state index contributed by atoms with van der Waals surface area (Å²) in [7, 11) is 0. The van der Waals surface area contributed by atoms with Gasteiger partial charge in [-0.05, 0) is 24.9 Å². The minimum Gasteiger partial charge on any atom is -0.296 e. The fourth-order valence-corrected chi connectivity index (χ4v) is 2.90. The van der Waals surface area contributed by atoms with Crippen LogP contribution in [-0.4, -0.2) is 22.4 Å². The number of nitro benzene ring substituents is 1. The highest BCUT2D eigenvalue weighted by Crippen LogP contribution is 2.24. The Morgan fingerprint density at radius 2 is 1.84 bits per heavy atom. The monoisotopic (exact) mass is 262 g/mol. The molecule has 2 rings (SSSR count). The molecular formula is C15H22N2O2. The van der Waals surface area contributed by atoms with Crippen LogP contribution in [-0.2, 0) is 6.54 Å². The molecule has 1 aliphatic carbocycles. The molecule has 1 saturated carbocycles. The number of benzene rings is 1. The Morgan fingerprint density at radius 1 is 1.21 bits per heavy atom. The lowest BCUT2D eigenvalue weighted by molar-refractivity contribution is -0.384. The van der Waals surface area contributed by atoms with Gasteiger partial charge < -0.3 is 0 Å². The third-order valence-corrected chi connectivity index (χ3v) is 4.03. The van der Waals surface area contributed by atoms with Crippen LogP contribution < -0.4 is 0 Å². The van der Waals surface area contributed by atoms with Gasteiger partial charge >= 0.3 is 0 Å². The number of hydrogen-bond donors (Lipinski definition) is 0. The summed E-state index contributed by atoms with van der Waals surface area (Å²) in [5, 5.41) is 10.6. The molecule has 104 valence electrons. The summed E-state index contributed by atoms with van der Waals surface area (Å²) in [5.41, 5.74) is 1.34. The zero-order chi connectivity index (χ0) is 13.7. The summed E-state index contributed by atoms with van der Waals surface area (Å²) < 4.78 is 0. The zero-order valence-corrected chi connectivity index (χ0v) is 11.5. The number of hydrogen-bond acceptors (Lipinski definition) is 3. The van der Waals surface area contributed by atoms with Gasteiger partial charge in [-0.2, -0.15) is 0 Å². The second-order valence-electron chi connectivity index (χ2n) is 5.28. The van der Waals surface area contributed by atoms with Crippen molar-refractivity contribution >= 4 is 5.69 Å². The van der Waals surface area contributed by atoms with Crippen LogP contribution in [0.5, 0.6) is 0 Å². The van der Waals surface area contributed by atoms with E-state index in [9.17, 15) is 10.1 Å². The Kier molecular flexibility index (Phi) is 4.91. The molecule has 0 atom stereocenters. The average molecular weight is 262 g/mol. The van der Waals surface area contributed by atoms with Crippen LogP contribution in [0.3, 0.4) is 0 Å². The van der Waals surface area contributed by atoms with Crippen molar-refractivity contribution in [2.24, 2.45) is 0 Å². The molecule has 0 saturated heterocycles. The lowest BCUT2D eigenvalue weighted by Gasteiger charge is -2.33. The van der Waals surface area contributed by atoms with Crippen molar-refractivity contribution in [2.45, 2.75) is 51.6 Å². The quantitative estimate of drug-likeness (QED) is 0.599. The number of nitro groups is 1. The molecule has 0 N–H and O–H groups in total. The first-order chi connectivity index (χ1) is 9.20. The maximum Gasteiger partial charge on any atom is 0.269 e. The molecule has 0 aliphatic heterocycles.